The van der Waals surface area contributed by atoms with Gasteiger partial charge in [-0.3, -0.25) is 4.79 Å². The largest absolute Gasteiger partial charge is 0.466 e. The van der Waals surface area contributed by atoms with Gasteiger partial charge >= 0.3 is 5.97 Å². The molecular formula is C12H11NO3. The Hall–Kier alpha value is -2.10. The van der Waals surface area contributed by atoms with E-state index in [2.05, 4.69) is 10.1 Å². The minimum absolute atomic E-state index is 0.0431. The Balaban J connectivity index is 2.23. The first kappa shape index (κ1) is 10.4. The highest BCUT2D eigenvalue weighted by Gasteiger charge is 2.17. The van der Waals surface area contributed by atoms with Gasteiger partial charge in [0.1, 0.15) is 0 Å². The fourth-order valence-electron chi connectivity index (χ4n) is 1.59. The summed E-state index contributed by atoms with van der Waals surface area (Å²) >= 11 is 0. The number of benzene rings is 1. The molecule has 0 radical (unpaired) electrons. The first-order chi connectivity index (χ1) is 7.70. The molecule has 0 spiro atoms. The SMILES string of the molecule is COC(=O)C=Cc1ccc2c(c1)CNC2=O. The van der Waals surface area contributed by atoms with Crippen molar-refractivity contribution in [1.29, 1.82) is 0 Å². The van der Waals surface area contributed by atoms with Crippen molar-refractivity contribution in [3.05, 3.63) is 41.0 Å². The summed E-state index contributed by atoms with van der Waals surface area (Å²) in [5.41, 5.74) is 2.54. The van der Waals surface area contributed by atoms with Crippen LogP contribution in [0.3, 0.4) is 0 Å². The van der Waals surface area contributed by atoms with Gasteiger partial charge in [0.15, 0.2) is 0 Å². The number of rotatable bonds is 2. The van der Waals surface area contributed by atoms with Crippen LogP contribution in [0.2, 0.25) is 0 Å². The van der Waals surface area contributed by atoms with Crippen LogP contribution in [0.5, 0.6) is 0 Å². The second-order valence-corrected chi connectivity index (χ2v) is 3.46. The number of nitrogens with one attached hydrogen (secondary N) is 1. The van der Waals surface area contributed by atoms with Crippen molar-refractivity contribution in [2.24, 2.45) is 0 Å². The summed E-state index contributed by atoms with van der Waals surface area (Å²) < 4.78 is 4.49. The molecule has 0 unspecified atom stereocenters. The summed E-state index contributed by atoms with van der Waals surface area (Å²) in [5.74, 6) is -0.437. The summed E-state index contributed by atoms with van der Waals surface area (Å²) in [7, 11) is 1.33. The number of esters is 1. The maximum Gasteiger partial charge on any atom is 0.330 e. The lowest BCUT2D eigenvalue weighted by Gasteiger charge is -1.97. The average Bonchev–Trinajstić information content (AvgIpc) is 2.67. The second-order valence-electron chi connectivity index (χ2n) is 3.46. The molecule has 0 saturated heterocycles. The van der Waals surface area contributed by atoms with Crippen LogP contribution in [-0.4, -0.2) is 19.0 Å². The molecule has 0 saturated carbocycles. The Morgan fingerprint density at radius 3 is 3.06 bits per heavy atom. The summed E-state index contributed by atoms with van der Waals surface area (Å²) in [6.07, 6.45) is 3.01. The van der Waals surface area contributed by atoms with Crippen LogP contribution < -0.4 is 5.32 Å². The molecule has 1 N–H and O–H groups in total. The quantitative estimate of drug-likeness (QED) is 0.596. The van der Waals surface area contributed by atoms with E-state index in [0.717, 1.165) is 11.1 Å². The van der Waals surface area contributed by atoms with Gasteiger partial charge in [0.2, 0.25) is 0 Å². The topological polar surface area (TPSA) is 55.4 Å². The van der Waals surface area contributed by atoms with Crippen LogP contribution in [0.15, 0.2) is 24.3 Å². The highest BCUT2D eigenvalue weighted by molar-refractivity contribution is 5.98. The number of amides is 1. The van der Waals surface area contributed by atoms with E-state index in [1.54, 1.807) is 18.2 Å². The molecule has 1 amide bonds. The fraction of sp³-hybridized carbons (Fsp3) is 0.167. The second kappa shape index (κ2) is 4.18. The van der Waals surface area contributed by atoms with Crippen LogP contribution in [0.1, 0.15) is 21.5 Å². The lowest BCUT2D eigenvalue weighted by Crippen LogP contribution is -2.12. The number of hydrogen-bond acceptors (Lipinski definition) is 3. The standard InChI is InChI=1S/C12H11NO3/c1-16-11(14)5-3-8-2-4-10-9(6-8)7-13-12(10)15/h2-6H,7H2,1H3,(H,13,15). The van der Waals surface area contributed by atoms with E-state index >= 15 is 0 Å². The molecule has 1 heterocycles. The van der Waals surface area contributed by atoms with Gasteiger partial charge in [-0.05, 0) is 29.3 Å². The summed E-state index contributed by atoms with van der Waals surface area (Å²) in [4.78, 5) is 22.2. The lowest BCUT2D eigenvalue weighted by atomic mass is 10.1. The van der Waals surface area contributed by atoms with Crippen molar-refractivity contribution in [1.82, 2.24) is 5.32 Å². The maximum absolute atomic E-state index is 11.3. The molecular weight excluding hydrogens is 206 g/mol. The van der Waals surface area contributed by atoms with Crippen molar-refractivity contribution < 1.29 is 14.3 Å². The van der Waals surface area contributed by atoms with Gasteiger partial charge in [0, 0.05) is 18.2 Å². The average molecular weight is 217 g/mol. The van der Waals surface area contributed by atoms with Gasteiger partial charge in [-0.1, -0.05) is 6.07 Å². The normalized spacial score (nSPS) is 13.7. The molecule has 0 atom stereocenters. The molecule has 1 aliphatic heterocycles. The van der Waals surface area contributed by atoms with E-state index < -0.39 is 5.97 Å². The van der Waals surface area contributed by atoms with Crippen molar-refractivity contribution in [2.75, 3.05) is 7.11 Å². The molecule has 0 fully saturated rings. The zero-order valence-corrected chi connectivity index (χ0v) is 8.82. The summed E-state index contributed by atoms with van der Waals surface area (Å²) in [6.45, 7) is 0.550. The Labute approximate surface area is 92.9 Å². The third-order valence-electron chi connectivity index (χ3n) is 2.43. The monoisotopic (exact) mass is 217 g/mol. The molecule has 0 aliphatic carbocycles. The Kier molecular flexibility index (Phi) is 2.72. The number of methoxy groups -OCH3 is 1. The molecule has 1 aromatic rings. The molecule has 4 heteroatoms. The molecule has 16 heavy (non-hydrogen) atoms. The van der Waals surface area contributed by atoms with Crippen LogP contribution in [0.25, 0.3) is 6.08 Å². The predicted molar refractivity (Wildman–Crippen MR) is 58.7 cm³/mol. The highest BCUT2D eigenvalue weighted by Crippen LogP contribution is 2.17. The molecule has 2 rings (SSSR count). The van der Waals surface area contributed by atoms with Crippen molar-refractivity contribution in [3.63, 3.8) is 0 Å². The first-order valence-corrected chi connectivity index (χ1v) is 4.88. The highest BCUT2D eigenvalue weighted by atomic mass is 16.5. The van der Waals surface area contributed by atoms with Gasteiger partial charge in [0.25, 0.3) is 5.91 Å². The fourth-order valence-corrected chi connectivity index (χ4v) is 1.59. The van der Waals surface area contributed by atoms with Gasteiger partial charge in [-0.25, -0.2) is 4.79 Å². The van der Waals surface area contributed by atoms with E-state index in [-0.39, 0.29) is 5.91 Å². The van der Waals surface area contributed by atoms with Crippen LogP contribution in [0.4, 0.5) is 0 Å². The zero-order valence-electron chi connectivity index (χ0n) is 8.82. The van der Waals surface area contributed by atoms with E-state index in [1.807, 2.05) is 6.07 Å². The van der Waals surface area contributed by atoms with Gasteiger partial charge < -0.3 is 10.1 Å². The molecule has 82 valence electrons. The molecule has 0 bridgehead atoms. The van der Waals surface area contributed by atoms with E-state index in [0.29, 0.717) is 12.1 Å². The zero-order chi connectivity index (χ0) is 11.5. The molecule has 0 aromatic heterocycles. The first-order valence-electron chi connectivity index (χ1n) is 4.88. The smallest absolute Gasteiger partial charge is 0.330 e. The summed E-state index contributed by atoms with van der Waals surface area (Å²) in [5, 5.41) is 2.73. The number of hydrogen-bond donors (Lipinski definition) is 1. The molecule has 1 aromatic carbocycles. The van der Waals surface area contributed by atoms with E-state index in [4.69, 9.17) is 0 Å². The van der Waals surface area contributed by atoms with Crippen LogP contribution >= 0.6 is 0 Å². The number of ether oxygens (including phenoxy) is 1. The van der Waals surface area contributed by atoms with E-state index in [1.165, 1.54) is 13.2 Å². The van der Waals surface area contributed by atoms with Crippen molar-refractivity contribution >= 4 is 18.0 Å². The van der Waals surface area contributed by atoms with Crippen LogP contribution in [0, 0.1) is 0 Å². The maximum atomic E-state index is 11.3. The molecule has 4 nitrogen and oxygen atoms in total. The van der Waals surface area contributed by atoms with Gasteiger partial charge in [0.05, 0.1) is 7.11 Å². The number of fused-ring (bicyclic) bond motifs is 1. The predicted octanol–water partition coefficient (Wildman–Crippen LogP) is 1.12. The van der Waals surface area contributed by atoms with Gasteiger partial charge in [-0.15, -0.1) is 0 Å². The third-order valence-corrected chi connectivity index (χ3v) is 2.43. The third kappa shape index (κ3) is 1.95. The minimum atomic E-state index is -0.394. The van der Waals surface area contributed by atoms with Crippen molar-refractivity contribution in [3.8, 4) is 0 Å². The van der Waals surface area contributed by atoms with Crippen LogP contribution in [-0.2, 0) is 16.1 Å². The Bertz CT molecular complexity index is 477. The minimum Gasteiger partial charge on any atom is -0.466 e. The number of carbonyl (C=O) groups is 2. The van der Waals surface area contributed by atoms with Crippen molar-refractivity contribution in [2.45, 2.75) is 6.54 Å². The molecule has 1 aliphatic rings. The number of carbonyl (C=O) groups excluding carboxylic acids is 2. The van der Waals surface area contributed by atoms with E-state index in [9.17, 15) is 9.59 Å². The lowest BCUT2D eigenvalue weighted by molar-refractivity contribution is -0.134. The van der Waals surface area contributed by atoms with Gasteiger partial charge in [-0.2, -0.15) is 0 Å². The Morgan fingerprint density at radius 1 is 1.50 bits per heavy atom. The summed E-state index contributed by atoms with van der Waals surface area (Å²) in [6, 6.07) is 5.43. The Morgan fingerprint density at radius 2 is 2.31 bits per heavy atom.